The SMILES string of the molecule is CN(C)C=Nc1cc(N=S=O)cc(Br)c1C#N. The van der Waals surface area contributed by atoms with Crippen molar-refractivity contribution in [1.29, 1.82) is 5.26 Å². The zero-order valence-electron chi connectivity index (χ0n) is 9.22. The van der Waals surface area contributed by atoms with Crippen LogP contribution in [-0.4, -0.2) is 29.5 Å². The van der Waals surface area contributed by atoms with Crippen LogP contribution in [0.15, 0.2) is 26.0 Å². The largest absolute Gasteiger partial charge is 0.369 e. The Labute approximate surface area is 111 Å². The van der Waals surface area contributed by atoms with Gasteiger partial charge in [0.05, 0.1) is 23.3 Å². The average molecular weight is 313 g/mol. The fourth-order valence-corrected chi connectivity index (χ4v) is 1.78. The zero-order valence-corrected chi connectivity index (χ0v) is 11.6. The van der Waals surface area contributed by atoms with E-state index in [4.69, 9.17) is 5.26 Å². The number of nitrogens with zero attached hydrogens (tertiary/aromatic N) is 4. The zero-order chi connectivity index (χ0) is 12.8. The summed E-state index contributed by atoms with van der Waals surface area (Å²) < 4.78 is 14.6. The van der Waals surface area contributed by atoms with Gasteiger partial charge in [0, 0.05) is 18.6 Å². The molecule has 0 fully saturated rings. The van der Waals surface area contributed by atoms with Gasteiger partial charge < -0.3 is 4.90 Å². The number of benzene rings is 1. The van der Waals surface area contributed by atoms with Crippen LogP contribution in [0.5, 0.6) is 0 Å². The summed E-state index contributed by atoms with van der Waals surface area (Å²) in [5.41, 5.74) is 1.36. The van der Waals surface area contributed by atoms with Crippen LogP contribution in [0.4, 0.5) is 11.4 Å². The first-order chi connectivity index (χ1) is 8.08. The maximum atomic E-state index is 10.4. The number of aliphatic imine (C=N–C) groups is 1. The predicted molar refractivity (Wildman–Crippen MR) is 70.9 cm³/mol. The van der Waals surface area contributed by atoms with Crippen molar-refractivity contribution >= 4 is 45.1 Å². The van der Waals surface area contributed by atoms with E-state index >= 15 is 0 Å². The minimum atomic E-state index is 0.119. The summed E-state index contributed by atoms with van der Waals surface area (Å²) in [5.74, 6) is 0. The summed E-state index contributed by atoms with van der Waals surface area (Å²) in [6.07, 6.45) is 1.58. The third-order valence-electron chi connectivity index (χ3n) is 1.74. The molecular weight excluding hydrogens is 304 g/mol. The second kappa shape index (κ2) is 6.27. The summed E-state index contributed by atoms with van der Waals surface area (Å²) in [6.45, 7) is 0. The highest BCUT2D eigenvalue weighted by Gasteiger charge is 2.08. The third-order valence-corrected chi connectivity index (χ3v) is 2.65. The first-order valence-corrected chi connectivity index (χ1v) is 6.02. The number of hydrogen-bond donors (Lipinski definition) is 0. The van der Waals surface area contributed by atoms with E-state index in [1.54, 1.807) is 23.4 Å². The molecule has 0 radical (unpaired) electrons. The van der Waals surface area contributed by atoms with E-state index in [1.807, 2.05) is 14.1 Å². The molecule has 0 aliphatic heterocycles. The van der Waals surface area contributed by atoms with E-state index in [0.29, 0.717) is 21.4 Å². The van der Waals surface area contributed by atoms with Crippen LogP contribution in [0.1, 0.15) is 5.56 Å². The van der Waals surface area contributed by atoms with Gasteiger partial charge in [-0.2, -0.15) is 13.8 Å². The summed E-state index contributed by atoms with van der Waals surface area (Å²) in [6, 6.07) is 5.25. The van der Waals surface area contributed by atoms with E-state index in [-0.39, 0.29) is 11.5 Å². The lowest BCUT2D eigenvalue weighted by molar-refractivity contribution is 0.643. The Kier molecular flexibility index (Phi) is 5.00. The van der Waals surface area contributed by atoms with Gasteiger partial charge in [0.25, 0.3) is 0 Å². The monoisotopic (exact) mass is 312 g/mol. The van der Waals surface area contributed by atoms with Crippen molar-refractivity contribution in [3.8, 4) is 6.07 Å². The highest BCUT2D eigenvalue weighted by molar-refractivity contribution is 9.10. The van der Waals surface area contributed by atoms with E-state index in [0.717, 1.165) is 0 Å². The molecule has 1 aromatic rings. The van der Waals surface area contributed by atoms with Crippen LogP contribution in [0.2, 0.25) is 0 Å². The number of nitriles is 1. The Morgan fingerprint density at radius 3 is 2.76 bits per heavy atom. The molecule has 0 heterocycles. The lowest BCUT2D eigenvalue weighted by atomic mass is 10.2. The molecule has 0 aliphatic rings. The van der Waals surface area contributed by atoms with Crippen LogP contribution in [-0.2, 0) is 11.5 Å². The highest BCUT2D eigenvalue weighted by atomic mass is 79.9. The van der Waals surface area contributed by atoms with Crippen molar-refractivity contribution in [3.05, 3.63) is 22.2 Å². The summed E-state index contributed by atoms with van der Waals surface area (Å²) >= 11 is 3.37. The van der Waals surface area contributed by atoms with Crippen LogP contribution < -0.4 is 0 Å². The van der Waals surface area contributed by atoms with Gasteiger partial charge in [0.2, 0.25) is 11.5 Å². The maximum Gasteiger partial charge on any atom is 0.205 e. The maximum absolute atomic E-state index is 10.4. The number of hydrogen-bond acceptors (Lipinski definition) is 4. The molecule has 5 nitrogen and oxygen atoms in total. The predicted octanol–water partition coefficient (Wildman–Crippen LogP) is 2.57. The lowest BCUT2D eigenvalue weighted by Crippen LogP contribution is -2.07. The summed E-state index contributed by atoms with van der Waals surface area (Å²) in [7, 11) is 3.65. The van der Waals surface area contributed by atoms with Gasteiger partial charge in [0.1, 0.15) is 6.07 Å². The Bertz CT molecular complexity index is 544. The van der Waals surface area contributed by atoms with E-state index in [1.165, 1.54) is 0 Å². The Hall–Kier alpha value is -1.52. The van der Waals surface area contributed by atoms with E-state index in [2.05, 4.69) is 31.4 Å². The van der Waals surface area contributed by atoms with E-state index < -0.39 is 0 Å². The van der Waals surface area contributed by atoms with Crippen LogP contribution >= 0.6 is 15.9 Å². The minimum absolute atomic E-state index is 0.119. The molecule has 17 heavy (non-hydrogen) atoms. The fraction of sp³-hybridized carbons (Fsp3) is 0.200. The Balaban J connectivity index is 3.34. The molecule has 0 atom stereocenters. The van der Waals surface area contributed by atoms with E-state index in [9.17, 15) is 4.21 Å². The van der Waals surface area contributed by atoms with Crippen LogP contribution in [0, 0.1) is 11.3 Å². The fourth-order valence-electron chi connectivity index (χ4n) is 1.06. The van der Waals surface area contributed by atoms with Gasteiger partial charge in [-0.15, -0.1) is 0 Å². The molecule has 0 saturated heterocycles. The standard InChI is InChI=1S/C10H9BrN4OS/c1-15(2)6-13-10-4-7(14-17-16)3-9(11)8(10)5-12/h3-4,6H,1-2H3. The molecule has 1 rings (SSSR count). The average Bonchev–Trinajstić information content (AvgIpc) is 2.26. The highest BCUT2D eigenvalue weighted by Crippen LogP contribution is 2.32. The first kappa shape index (κ1) is 13.5. The van der Waals surface area contributed by atoms with Crippen molar-refractivity contribution in [2.75, 3.05) is 14.1 Å². The minimum Gasteiger partial charge on any atom is -0.369 e. The molecule has 0 bridgehead atoms. The molecule has 0 saturated carbocycles. The second-order valence-corrected chi connectivity index (χ2v) is 4.49. The first-order valence-electron chi connectivity index (χ1n) is 4.52. The normalized spacial score (nSPS) is 10.0. The summed E-state index contributed by atoms with van der Waals surface area (Å²) in [4.78, 5) is 5.91. The molecule has 0 unspecified atom stereocenters. The van der Waals surface area contributed by atoms with Gasteiger partial charge in [-0.25, -0.2) is 4.99 Å². The third kappa shape index (κ3) is 3.76. The van der Waals surface area contributed by atoms with Crippen molar-refractivity contribution < 1.29 is 4.21 Å². The molecule has 1 aromatic carbocycles. The van der Waals surface area contributed by atoms with Crippen molar-refractivity contribution in [1.82, 2.24) is 4.90 Å². The van der Waals surface area contributed by atoms with Gasteiger partial charge in [0.15, 0.2) is 0 Å². The molecule has 0 aliphatic carbocycles. The second-order valence-electron chi connectivity index (χ2n) is 3.31. The summed E-state index contributed by atoms with van der Waals surface area (Å²) in [5, 5.41) is 9.02. The van der Waals surface area contributed by atoms with Gasteiger partial charge in [-0.1, -0.05) is 0 Å². The Morgan fingerprint density at radius 1 is 1.53 bits per heavy atom. The van der Waals surface area contributed by atoms with Gasteiger partial charge in [-0.05, 0) is 28.1 Å². The van der Waals surface area contributed by atoms with Crippen molar-refractivity contribution in [3.63, 3.8) is 0 Å². The lowest BCUT2D eigenvalue weighted by Gasteiger charge is -2.05. The molecule has 88 valence electrons. The number of rotatable bonds is 3. The molecule has 7 heteroatoms. The molecule has 0 spiro atoms. The molecule has 0 aromatic heterocycles. The molecular formula is C10H9BrN4OS. The smallest absolute Gasteiger partial charge is 0.205 e. The topological polar surface area (TPSA) is 68.8 Å². The van der Waals surface area contributed by atoms with Crippen LogP contribution in [0.3, 0.4) is 0 Å². The number of halogens is 1. The van der Waals surface area contributed by atoms with Gasteiger partial charge in [-0.3, -0.25) is 0 Å². The van der Waals surface area contributed by atoms with Gasteiger partial charge >= 0.3 is 0 Å². The molecule has 0 amide bonds. The Morgan fingerprint density at radius 2 is 2.24 bits per heavy atom. The van der Waals surface area contributed by atoms with Crippen LogP contribution in [0.25, 0.3) is 0 Å². The quantitative estimate of drug-likeness (QED) is 0.636. The van der Waals surface area contributed by atoms with Crippen molar-refractivity contribution in [2.24, 2.45) is 9.36 Å². The van der Waals surface area contributed by atoms with Crippen molar-refractivity contribution in [2.45, 2.75) is 0 Å². The molecule has 0 N–H and O–H groups in total.